The lowest BCUT2D eigenvalue weighted by molar-refractivity contribution is 0.532. The second-order valence-corrected chi connectivity index (χ2v) is 6.25. The van der Waals surface area contributed by atoms with Crippen LogP contribution < -0.4 is 10.5 Å². The smallest absolute Gasteiger partial charge is 0.264 e. The minimum Gasteiger partial charge on any atom is -0.399 e. The number of anilines is 2. The van der Waals surface area contributed by atoms with Gasteiger partial charge in [-0.1, -0.05) is 0 Å². The van der Waals surface area contributed by atoms with Gasteiger partial charge in [0.25, 0.3) is 10.0 Å². The molecule has 2 aromatic rings. The molecule has 0 aliphatic heterocycles. The third-order valence-corrected chi connectivity index (χ3v) is 4.04. The highest BCUT2D eigenvalue weighted by Crippen LogP contribution is 2.20. The summed E-state index contributed by atoms with van der Waals surface area (Å²) in [5.74, 6) is -0.895. The first-order valence-corrected chi connectivity index (χ1v) is 7.40. The molecule has 0 atom stereocenters. The number of benzene rings is 1. The number of nitrogen functional groups attached to an aromatic ring is 1. The van der Waals surface area contributed by atoms with Gasteiger partial charge in [-0.2, -0.15) is 5.10 Å². The van der Waals surface area contributed by atoms with Gasteiger partial charge in [-0.25, -0.2) is 12.8 Å². The fourth-order valence-electron chi connectivity index (χ4n) is 1.62. The molecule has 3 N–H and O–H groups in total. The first-order valence-electron chi connectivity index (χ1n) is 5.91. The number of sulfonamides is 1. The summed E-state index contributed by atoms with van der Waals surface area (Å²) in [6.45, 7) is 3.82. The molecule has 1 aromatic heterocycles. The van der Waals surface area contributed by atoms with Crippen molar-refractivity contribution in [3.63, 3.8) is 0 Å². The molecule has 0 unspecified atom stereocenters. The SMILES string of the molecule is CC(C)n1cc(NS(=O)(=O)c2ccc(N)cc2F)cn1. The quantitative estimate of drug-likeness (QED) is 0.845. The Morgan fingerprint density at radius 2 is 2.10 bits per heavy atom. The van der Waals surface area contributed by atoms with E-state index in [1.807, 2.05) is 13.8 Å². The Morgan fingerprint density at radius 3 is 2.65 bits per heavy atom. The molecule has 0 bridgehead atoms. The lowest BCUT2D eigenvalue weighted by Gasteiger charge is -2.07. The number of nitrogens with one attached hydrogen (secondary N) is 1. The Balaban J connectivity index is 2.30. The number of nitrogens with two attached hydrogens (primary N) is 1. The first-order chi connectivity index (χ1) is 9.29. The molecule has 0 saturated carbocycles. The third kappa shape index (κ3) is 2.90. The summed E-state index contributed by atoms with van der Waals surface area (Å²) in [7, 11) is -4.01. The average molecular weight is 298 g/mol. The molecule has 2 rings (SSSR count). The van der Waals surface area contributed by atoms with Crippen molar-refractivity contribution in [3.8, 4) is 0 Å². The van der Waals surface area contributed by atoms with Gasteiger partial charge in [0, 0.05) is 17.9 Å². The molecule has 0 saturated heterocycles. The molecule has 20 heavy (non-hydrogen) atoms. The summed E-state index contributed by atoms with van der Waals surface area (Å²) in [5.41, 5.74) is 5.83. The van der Waals surface area contributed by atoms with Crippen LogP contribution in [-0.2, 0) is 10.0 Å². The van der Waals surface area contributed by atoms with Crippen LogP contribution >= 0.6 is 0 Å². The van der Waals surface area contributed by atoms with Crippen molar-refractivity contribution in [2.75, 3.05) is 10.5 Å². The Labute approximate surface area is 116 Å². The van der Waals surface area contributed by atoms with Gasteiger partial charge in [0.1, 0.15) is 10.7 Å². The molecule has 1 heterocycles. The highest BCUT2D eigenvalue weighted by molar-refractivity contribution is 7.92. The lowest BCUT2D eigenvalue weighted by Crippen LogP contribution is -2.14. The highest BCUT2D eigenvalue weighted by atomic mass is 32.2. The van der Waals surface area contributed by atoms with Crippen LogP contribution in [-0.4, -0.2) is 18.2 Å². The van der Waals surface area contributed by atoms with Gasteiger partial charge >= 0.3 is 0 Å². The summed E-state index contributed by atoms with van der Waals surface area (Å²) in [6.07, 6.45) is 2.91. The van der Waals surface area contributed by atoms with E-state index in [4.69, 9.17) is 5.73 Å². The lowest BCUT2D eigenvalue weighted by atomic mass is 10.3. The monoisotopic (exact) mass is 298 g/mol. The number of rotatable bonds is 4. The molecular formula is C12H15FN4O2S. The van der Waals surface area contributed by atoms with E-state index in [1.165, 1.54) is 18.5 Å². The largest absolute Gasteiger partial charge is 0.399 e. The van der Waals surface area contributed by atoms with E-state index < -0.39 is 20.7 Å². The highest BCUT2D eigenvalue weighted by Gasteiger charge is 2.20. The Hall–Kier alpha value is -2.09. The van der Waals surface area contributed by atoms with Crippen LogP contribution in [0.25, 0.3) is 0 Å². The molecule has 0 aliphatic rings. The predicted molar refractivity (Wildman–Crippen MR) is 74.2 cm³/mol. The van der Waals surface area contributed by atoms with Crippen molar-refractivity contribution >= 4 is 21.4 Å². The third-order valence-electron chi connectivity index (χ3n) is 2.63. The summed E-state index contributed by atoms with van der Waals surface area (Å²) in [5, 5.41) is 4.01. The van der Waals surface area contributed by atoms with Crippen LogP contribution in [0.4, 0.5) is 15.8 Å². The van der Waals surface area contributed by atoms with Gasteiger partial charge in [0.2, 0.25) is 0 Å². The number of halogens is 1. The summed E-state index contributed by atoms with van der Waals surface area (Å²) >= 11 is 0. The van der Waals surface area contributed by atoms with Gasteiger partial charge in [-0.3, -0.25) is 9.40 Å². The van der Waals surface area contributed by atoms with Gasteiger partial charge in [0.05, 0.1) is 11.9 Å². The standard InChI is InChI=1S/C12H15FN4O2S/c1-8(2)17-7-10(6-15-17)16-20(18,19)12-4-3-9(14)5-11(12)13/h3-8,16H,14H2,1-2H3. The van der Waals surface area contributed by atoms with E-state index in [1.54, 1.807) is 4.68 Å². The zero-order valence-electron chi connectivity index (χ0n) is 11.0. The molecule has 0 fully saturated rings. The molecule has 0 radical (unpaired) electrons. The van der Waals surface area contributed by atoms with E-state index in [2.05, 4.69) is 9.82 Å². The van der Waals surface area contributed by atoms with Crippen LogP contribution in [0.15, 0.2) is 35.5 Å². The Bertz CT molecular complexity index is 725. The van der Waals surface area contributed by atoms with Gasteiger partial charge in [0.15, 0.2) is 0 Å². The maximum absolute atomic E-state index is 13.7. The maximum Gasteiger partial charge on any atom is 0.264 e. The van der Waals surface area contributed by atoms with Crippen molar-refractivity contribution in [1.82, 2.24) is 9.78 Å². The van der Waals surface area contributed by atoms with Crippen molar-refractivity contribution in [2.45, 2.75) is 24.8 Å². The molecule has 1 aromatic carbocycles. The molecule has 8 heteroatoms. The second kappa shape index (κ2) is 5.12. The summed E-state index contributed by atoms with van der Waals surface area (Å²) < 4.78 is 41.7. The van der Waals surface area contributed by atoms with Gasteiger partial charge in [-0.05, 0) is 32.0 Å². The van der Waals surface area contributed by atoms with E-state index in [0.717, 1.165) is 12.1 Å². The molecule has 0 spiro atoms. The van der Waals surface area contributed by atoms with Crippen LogP contribution in [0.3, 0.4) is 0 Å². The van der Waals surface area contributed by atoms with E-state index in [9.17, 15) is 12.8 Å². The number of hydrogen-bond donors (Lipinski definition) is 2. The molecular weight excluding hydrogens is 283 g/mol. The van der Waals surface area contributed by atoms with Crippen molar-refractivity contribution in [2.24, 2.45) is 0 Å². The summed E-state index contributed by atoms with van der Waals surface area (Å²) in [4.78, 5) is -0.455. The van der Waals surface area contributed by atoms with Gasteiger partial charge in [-0.15, -0.1) is 0 Å². The predicted octanol–water partition coefficient (Wildman–Crippen LogP) is 1.99. The second-order valence-electron chi connectivity index (χ2n) is 4.60. The summed E-state index contributed by atoms with van der Waals surface area (Å²) in [6, 6.07) is 3.52. The van der Waals surface area contributed by atoms with Crippen LogP contribution in [0, 0.1) is 5.82 Å². The molecule has 0 aliphatic carbocycles. The van der Waals surface area contributed by atoms with E-state index in [0.29, 0.717) is 0 Å². The number of aromatic nitrogens is 2. The fourth-order valence-corrected chi connectivity index (χ4v) is 2.71. The van der Waals surface area contributed by atoms with Crippen molar-refractivity contribution in [1.29, 1.82) is 0 Å². The first kappa shape index (κ1) is 14.3. The zero-order chi connectivity index (χ0) is 14.9. The fraction of sp³-hybridized carbons (Fsp3) is 0.250. The minimum absolute atomic E-state index is 0.0986. The van der Waals surface area contributed by atoms with E-state index in [-0.39, 0.29) is 17.4 Å². The average Bonchev–Trinajstić information content (AvgIpc) is 2.76. The van der Waals surface area contributed by atoms with Crippen molar-refractivity contribution < 1.29 is 12.8 Å². The van der Waals surface area contributed by atoms with Crippen LogP contribution in [0.5, 0.6) is 0 Å². The van der Waals surface area contributed by atoms with E-state index >= 15 is 0 Å². The molecule has 0 amide bonds. The Morgan fingerprint density at radius 1 is 1.40 bits per heavy atom. The number of nitrogens with zero attached hydrogens (tertiary/aromatic N) is 2. The zero-order valence-corrected chi connectivity index (χ0v) is 11.9. The van der Waals surface area contributed by atoms with Crippen LogP contribution in [0.1, 0.15) is 19.9 Å². The normalized spacial score (nSPS) is 11.8. The number of hydrogen-bond acceptors (Lipinski definition) is 4. The topological polar surface area (TPSA) is 90.0 Å². The molecule has 108 valence electrons. The maximum atomic E-state index is 13.7. The molecule has 6 nitrogen and oxygen atoms in total. The van der Waals surface area contributed by atoms with Gasteiger partial charge < -0.3 is 5.73 Å². The minimum atomic E-state index is -4.01. The Kier molecular flexibility index (Phi) is 3.67. The van der Waals surface area contributed by atoms with Crippen molar-refractivity contribution in [3.05, 3.63) is 36.4 Å². The van der Waals surface area contributed by atoms with Crippen LogP contribution in [0.2, 0.25) is 0 Å².